The molecule has 68 valence electrons. The minimum Gasteiger partial charge on any atom is -0.329 e. The summed E-state index contributed by atoms with van der Waals surface area (Å²) in [6, 6.07) is 0. The van der Waals surface area contributed by atoms with Gasteiger partial charge < -0.3 is 4.98 Å². The van der Waals surface area contributed by atoms with Gasteiger partial charge in [-0.2, -0.15) is 0 Å². The first kappa shape index (κ1) is 8.97. The van der Waals surface area contributed by atoms with Crippen LogP contribution in [0.15, 0.2) is 10.8 Å². The van der Waals surface area contributed by atoms with Crippen LogP contribution in [-0.4, -0.2) is 15.0 Å². The summed E-state index contributed by atoms with van der Waals surface area (Å²) >= 11 is 9.31. The number of rotatable bonds is 1. The molecule has 2 aromatic heterocycles. The van der Waals surface area contributed by atoms with Crippen LogP contribution in [0.2, 0.25) is 5.15 Å². The van der Waals surface area contributed by atoms with Gasteiger partial charge in [0.2, 0.25) is 0 Å². The molecule has 3 nitrogen and oxygen atoms in total. The Bertz CT molecular complexity index is 452. The molecule has 0 spiro atoms. The molecule has 13 heavy (non-hydrogen) atoms. The van der Waals surface area contributed by atoms with E-state index in [0.29, 0.717) is 5.15 Å². The number of aryl methyl sites for hydroxylation is 1. The fraction of sp³-hybridized carbons (Fsp3) is 0.250. The lowest BCUT2D eigenvalue weighted by Crippen LogP contribution is -1.89. The predicted octanol–water partition coefficient (Wildman–Crippen LogP) is 2.94. The second kappa shape index (κ2) is 3.27. The van der Waals surface area contributed by atoms with Crippen molar-refractivity contribution in [2.75, 3.05) is 0 Å². The number of nitrogens with one attached hydrogen (secondary N) is 1. The molecule has 0 bridgehead atoms. The van der Waals surface area contributed by atoms with Gasteiger partial charge in [-0.25, -0.2) is 9.97 Å². The van der Waals surface area contributed by atoms with Crippen LogP contribution < -0.4 is 0 Å². The first-order valence-corrected chi connectivity index (χ1v) is 5.07. The highest BCUT2D eigenvalue weighted by Crippen LogP contribution is 2.31. The normalized spacial score (nSPS) is 11.0. The van der Waals surface area contributed by atoms with E-state index in [2.05, 4.69) is 37.8 Å². The molecule has 0 saturated carbocycles. The summed E-state index contributed by atoms with van der Waals surface area (Å²) in [5, 5.41) is 1.56. The van der Waals surface area contributed by atoms with E-state index in [0.717, 1.165) is 27.6 Å². The Morgan fingerprint density at radius 1 is 1.54 bits per heavy atom. The molecule has 0 aliphatic carbocycles. The topological polar surface area (TPSA) is 41.6 Å². The van der Waals surface area contributed by atoms with Gasteiger partial charge in [0, 0.05) is 0 Å². The molecular weight excluding hydrogens is 253 g/mol. The van der Waals surface area contributed by atoms with Crippen molar-refractivity contribution in [1.82, 2.24) is 15.0 Å². The number of hydrogen-bond acceptors (Lipinski definition) is 2. The van der Waals surface area contributed by atoms with E-state index in [-0.39, 0.29) is 0 Å². The van der Waals surface area contributed by atoms with Crippen LogP contribution in [0, 0.1) is 0 Å². The van der Waals surface area contributed by atoms with E-state index in [9.17, 15) is 0 Å². The number of hydrogen-bond donors (Lipinski definition) is 1. The Kier molecular flexibility index (Phi) is 2.26. The number of aromatic nitrogens is 3. The molecular formula is C8H7BrClN3. The summed E-state index contributed by atoms with van der Waals surface area (Å²) in [7, 11) is 0. The summed E-state index contributed by atoms with van der Waals surface area (Å²) < 4.78 is 0.849. The van der Waals surface area contributed by atoms with Crippen LogP contribution in [0.4, 0.5) is 0 Å². The van der Waals surface area contributed by atoms with Crippen LogP contribution in [-0.2, 0) is 6.42 Å². The number of halogens is 2. The van der Waals surface area contributed by atoms with Crippen LogP contribution in [0.5, 0.6) is 0 Å². The molecule has 0 aliphatic heterocycles. The summed E-state index contributed by atoms with van der Waals surface area (Å²) in [4.78, 5) is 11.2. The van der Waals surface area contributed by atoms with Gasteiger partial charge in [0.25, 0.3) is 0 Å². The molecule has 2 heterocycles. The second-order valence-corrected chi connectivity index (χ2v) is 3.82. The molecule has 1 N–H and O–H groups in total. The Morgan fingerprint density at radius 3 is 3.00 bits per heavy atom. The third kappa shape index (κ3) is 1.34. The largest absolute Gasteiger partial charge is 0.329 e. The lowest BCUT2D eigenvalue weighted by atomic mass is 10.2. The number of fused-ring (bicyclic) bond motifs is 1. The Labute approximate surface area is 88.7 Å². The van der Waals surface area contributed by atoms with Crippen molar-refractivity contribution >= 4 is 38.6 Å². The molecule has 2 aromatic rings. The predicted molar refractivity (Wildman–Crippen MR) is 56.0 cm³/mol. The van der Waals surface area contributed by atoms with Crippen LogP contribution in [0.1, 0.15) is 12.6 Å². The highest BCUT2D eigenvalue weighted by atomic mass is 79.9. The van der Waals surface area contributed by atoms with Crippen molar-refractivity contribution < 1.29 is 0 Å². The van der Waals surface area contributed by atoms with Crippen LogP contribution >= 0.6 is 27.5 Å². The standard InChI is InChI=1S/C8H7BrClN3/c1-2-4-5-6(9)7(10)13-8(5)12-3-11-4/h3H,2H2,1H3,(H,11,12,13). The average molecular weight is 261 g/mol. The average Bonchev–Trinajstić information content (AvgIpc) is 2.43. The maximum atomic E-state index is 5.91. The number of nitrogens with zero attached hydrogens (tertiary/aromatic N) is 2. The smallest absolute Gasteiger partial charge is 0.143 e. The lowest BCUT2D eigenvalue weighted by Gasteiger charge is -1.96. The van der Waals surface area contributed by atoms with Gasteiger partial charge >= 0.3 is 0 Å². The van der Waals surface area contributed by atoms with E-state index in [4.69, 9.17) is 11.6 Å². The van der Waals surface area contributed by atoms with Gasteiger partial charge in [0.15, 0.2) is 0 Å². The summed E-state index contributed by atoms with van der Waals surface area (Å²) in [5.41, 5.74) is 1.78. The Hall–Kier alpha value is -0.610. The first-order valence-electron chi connectivity index (χ1n) is 3.90. The quantitative estimate of drug-likeness (QED) is 0.856. The van der Waals surface area contributed by atoms with Gasteiger partial charge in [0.05, 0.1) is 15.6 Å². The molecule has 0 fully saturated rings. The van der Waals surface area contributed by atoms with Gasteiger partial charge in [-0.3, -0.25) is 0 Å². The fourth-order valence-corrected chi connectivity index (χ4v) is 1.98. The summed E-state index contributed by atoms with van der Waals surface area (Å²) in [6.07, 6.45) is 2.41. The van der Waals surface area contributed by atoms with E-state index in [1.54, 1.807) is 6.33 Å². The van der Waals surface area contributed by atoms with Crippen molar-refractivity contribution in [2.45, 2.75) is 13.3 Å². The zero-order valence-electron chi connectivity index (χ0n) is 6.93. The van der Waals surface area contributed by atoms with Crippen LogP contribution in [0.3, 0.4) is 0 Å². The molecule has 2 rings (SSSR count). The molecule has 0 saturated heterocycles. The molecule has 0 aliphatic rings. The highest BCUT2D eigenvalue weighted by Gasteiger charge is 2.11. The monoisotopic (exact) mass is 259 g/mol. The van der Waals surface area contributed by atoms with Gasteiger partial charge in [-0.05, 0) is 22.4 Å². The zero-order chi connectivity index (χ0) is 9.42. The Morgan fingerprint density at radius 2 is 2.31 bits per heavy atom. The van der Waals surface area contributed by atoms with Crippen molar-refractivity contribution in [3.8, 4) is 0 Å². The fourth-order valence-electron chi connectivity index (χ4n) is 1.28. The van der Waals surface area contributed by atoms with E-state index in [1.807, 2.05) is 0 Å². The molecule has 5 heteroatoms. The van der Waals surface area contributed by atoms with E-state index in [1.165, 1.54) is 0 Å². The summed E-state index contributed by atoms with van der Waals surface area (Å²) in [6.45, 7) is 2.05. The maximum Gasteiger partial charge on any atom is 0.143 e. The maximum absolute atomic E-state index is 5.91. The number of H-pyrrole nitrogens is 1. The van der Waals surface area contributed by atoms with Gasteiger partial charge in [0.1, 0.15) is 17.1 Å². The van der Waals surface area contributed by atoms with Crippen molar-refractivity contribution in [3.63, 3.8) is 0 Å². The molecule has 0 atom stereocenters. The third-order valence-electron chi connectivity index (χ3n) is 1.90. The van der Waals surface area contributed by atoms with E-state index >= 15 is 0 Å². The SMILES string of the molecule is CCc1ncnc2[nH]c(Cl)c(Br)c12. The van der Waals surface area contributed by atoms with Crippen molar-refractivity contribution in [2.24, 2.45) is 0 Å². The highest BCUT2D eigenvalue weighted by molar-refractivity contribution is 9.10. The third-order valence-corrected chi connectivity index (χ3v) is 3.21. The zero-order valence-corrected chi connectivity index (χ0v) is 9.28. The van der Waals surface area contributed by atoms with Gasteiger partial charge in [-0.1, -0.05) is 18.5 Å². The molecule has 0 aromatic carbocycles. The second-order valence-electron chi connectivity index (χ2n) is 2.65. The van der Waals surface area contributed by atoms with Crippen LogP contribution in [0.25, 0.3) is 11.0 Å². The van der Waals surface area contributed by atoms with Gasteiger partial charge in [-0.15, -0.1) is 0 Å². The molecule has 0 amide bonds. The summed E-state index contributed by atoms with van der Waals surface area (Å²) in [5.74, 6) is 0. The number of aromatic amines is 1. The molecule has 0 radical (unpaired) electrons. The minimum atomic E-state index is 0.574. The van der Waals surface area contributed by atoms with Crippen molar-refractivity contribution in [1.29, 1.82) is 0 Å². The first-order chi connectivity index (χ1) is 6.24. The van der Waals surface area contributed by atoms with Crippen molar-refractivity contribution in [3.05, 3.63) is 21.6 Å². The molecule has 0 unspecified atom stereocenters. The van der Waals surface area contributed by atoms with E-state index < -0.39 is 0 Å². The Balaban J connectivity index is 2.87. The lowest BCUT2D eigenvalue weighted by molar-refractivity contribution is 1.03. The minimum absolute atomic E-state index is 0.574.